The van der Waals surface area contributed by atoms with Crippen molar-refractivity contribution in [3.05, 3.63) is 59.9 Å². The number of rotatable bonds is 7. The van der Waals surface area contributed by atoms with Crippen LogP contribution in [0.3, 0.4) is 0 Å². The van der Waals surface area contributed by atoms with Crippen molar-refractivity contribution in [2.24, 2.45) is 0 Å². The van der Waals surface area contributed by atoms with Gasteiger partial charge in [-0.05, 0) is 35.9 Å². The topological polar surface area (TPSA) is 67.9 Å². The molecule has 0 aliphatic carbocycles. The zero-order chi connectivity index (χ0) is 19.3. The second-order valence-corrected chi connectivity index (χ2v) is 8.01. The standard InChI is InChI=1S/C19H23FN2O4S/c1-25-17-7-5-15(6-8-17)19(22-9-11-26-12-10-22)14-21-27(23,24)18-4-2-3-16(20)13-18/h2-8,13,19,21H,9-12,14H2,1H3/t19-/m1/s1. The maximum absolute atomic E-state index is 13.4. The zero-order valence-corrected chi connectivity index (χ0v) is 15.9. The van der Waals surface area contributed by atoms with E-state index in [0.29, 0.717) is 26.3 Å². The van der Waals surface area contributed by atoms with Gasteiger partial charge in [0.2, 0.25) is 10.0 Å². The Morgan fingerprint density at radius 3 is 2.52 bits per heavy atom. The Kier molecular flexibility index (Phi) is 6.43. The van der Waals surface area contributed by atoms with E-state index in [1.54, 1.807) is 7.11 Å². The Balaban J connectivity index is 1.80. The third-order valence-corrected chi connectivity index (χ3v) is 5.98. The van der Waals surface area contributed by atoms with Gasteiger partial charge in [0.15, 0.2) is 0 Å². The van der Waals surface area contributed by atoms with Crippen molar-refractivity contribution >= 4 is 10.0 Å². The molecule has 0 aromatic heterocycles. The van der Waals surface area contributed by atoms with Crippen LogP contribution in [0.2, 0.25) is 0 Å². The van der Waals surface area contributed by atoms with Gasteiger partial charge in [-0.1, -0.05) is 18.2 Å². The largest absolute Gasteiger partial charge is 0.497 e. The summed E-state index contributed by atoms with van der Waals surface area (Å²) in [4.78, 5) is 2.09. The first-order valence-corrected chi connectivity index (χ1v) is 10.2. The highest BCUT2D eigenvalue weighted by molar-refractivity contribution is 7.89. The number of hydrogen-bond acceptors (Lipinski definition) is 5. The molecule has 1 fully saturated rings. The fraction of sp³-hybridized carbons (Fsp3) is 0.368. The first kappa shape index (κ1) is 19.8. The lowest BCUT2D eigenvalue weighted by molar-refractivity contribution is 0.0172. The molecule has 3 rings (SSSR count). The summed E-state index contributed by atoms with van der Waals surface area (Å²) >= 11 is 0. The average molecular weight is 394 g/mol. The van der Waals surface area contributed by atoms with E-state index in [4.69, 9.17) is 9.47 Å². The molecule has 1 atom stereocenters. The van der Waals surface area contributed by atoms with Crippen molar-refractivity contribution in [1.82, 2.24) is 9.62 Å². The predicted octanol–water partition coefficient (Wildman–Crippen LogP) is 2.19. The van der Waals surface area contributed by atoms with E-state index in [9.17, 15) is 12.8 Å². The Morgan fingerprint density at radius 1 is 1.19 bits per heavy atom. The van der Waals surface area contributed by atoms with Crippen LogP contribution in [0.25, 0.3) is 0 Å². The van der Waals surface area contributed by atoms with Crippen LogP contribution in [0, 0.1) is 5.82 Å². The molecule has 146 valence electrons. The van der Waals surface area contributed by atoms with Gasteiger partial charge in [0.1, 0.15) is 11.6 Å². The SMILES string of the molecule is COc1ccc([C@@H](CNS(=O)(=O)c2cccc(F)c2)N2CCOCC2)cc1. The lowest BCUT2D eigenvalue weighted by Crippen LogP contribution is -2.43. The molecule has 0 radical (unpaired) electrons. The molecule has 0 bridgehead atoms. The first-order chi connectivity index (χ1) is 13.0. The minimum absolute atomic E-state index is 0.0852. The zero-order valence-electron chi connectivity index (χ0n) is 15.1. The summed E-state index contributed by atoms with van der Waals surface area (Å²) in [7, 11) is -2.21. The van der Waals surface area contributed by atoms with Crippen molar-refractivity contribution in [1.29, 1.82) is 0 Å². The van der Waals surface area contributed by atoms with Gasteiger partial charge in [-0.3, -0.25) is 4.90 Å². The summed E-state index contributed by atoms with van der Waals surface area (Å²) in [6.45, 7) is 2.79. The average Bonchev–Trinajstić information content (AvgIpc) is 2.69. The molecular weight excluding hydrogens is 371 g/mol. The normalized spacial score (nSPS) is 16.8. The Morgan fingerprint density at radius 2 is 1.89 bits per heavy atom. The highest BCUT2D eigenvalue weighted by Gasteiger charge is 2.25. The fourth-order valence-corrected chi connectivity index (χ4v) is 4.15. The number of halogens is 1. The molecule has 0 saturated carbocycles. The lowest BCUT2D eigenvalue weighted by Gasteiger charge is -2.35. The van der Waals surface area contributed by atoms with E-state index >= 15 is 0 Å². The van der Waals surface area contributed by atoms with Crippen molar-refractivity contribution in [2.45, 2.75) is 10.9 Å². The molecule has 0 spiro atoms. The molecule has 6 nitrogen and oxygen atoms in total. The van der Waals surface area contributed by atoms with Crippen LogP contribution < -0.4 is 9.46 Å². The summed E-state index contributed by atoms with van der Waals surface area (Å²) in [5, 5.41) is 0. The minimum atomic E-state index is -3.81. The summed E-state index contributed by atoms with van der Waals surface area (Å²) in [5.41, 5.74) is 0.972. The van der Waals surface area contributed by atoms with Crippen LogP contribution in [0.15, 0.2) is 53.4 Å². The maximum Gasteiger partial charge on any atom is 0.240 e. The van der Waals surface area contributed by atoms with E-state index in [0.717, 1.165) is 17.4 Å². The lowest BCUT2D eigenvalue weighted by atomic mass is 10.0. The maximum atomic E-state index is 13.4. The third-order valence-electron chi connectivity index (χ3n) is 4.56. The number of nitrogens with zero attached hydrogens (tertiary/aromatic N) is 1. The van der Waals surface area contributed by atoms with Crippen molar-refractivity contribution in [3.8, 4) is 5.75 Å². The van der Waals surface area contributed by atoms with Crippen molar-refractivity contribution in [3.63, 3.8) is 0 Å². The van der Waals surface area contributed by atoms with Gasteiger partial charge in [-0.15, -0.1) is 0 Å². The molecule has 0 unspecified atom stereocenters. The Bertz CT molecular complexity index is 852. The van der Waals surface area contributed by atoms with Crippen LogP contribution >= 0.6 is 0 Å². The highest BCUT2D eigenvalue weighted by atomic mass is 32.2. The molecule has 2 aromatic rings. The molecule has 27 heavy (non-hydrogen) atoms. The monoisotopic (exact) mass is 394 g/mol. The summed E-state index contributed by atoms with van der Waals surface area (Å²) in [5.74, 6) is 0.151. The molecule has 0 amide bonds. The second-order valence-electron chi connectivity index (χ2n) is 6.25. The van der Waals surface area contributed by atoms with E-state index in [1.807, 2.05) is 24.3 Å². The number of sulfonamides is 1. The van der Waals surface area contributed by atoms with Gasteiger partial charge in [0.05, 0.1) is 25.2 Å². The third kappa shape index (κ3) is 5.04. The summed E-state index contributed by atoms with van der Waals surface area (Å²) in [6, 6.07) is 12.4. The molecular formula is C19H23FN2O4S. The summed E-state index contributed by atoms with van der Waals surface area (Å²) in [6.07, 6.45) is 0. The first-order valence-electron chi connectivity index (χ1n) is 8.70. The molecule has 1 saturated heterocycles. The van der Waals surface area contributed by atoms with Crippen LogP contribution in [-0.4, -0.2) is 53.3 Å². The number of nitrogens with one attached hydrogen (secondary N) is 1. The van der Waals surface area contributed by atoms with Gasteiger partial charge in [-0.25, -0.2) is 17.5 Å². The van der Waals surface area contributed by atoms with E-state index in [2.05, 4.69) is 9.62 Å². The van der Waals surface area contributed by atoms with Gasteiger partial charge in [0, 0.05) is 25.7 Å². The van der Waals surface area contributed by atoms with Gasteiger partial charge >= 0.3 is 0 Å². The number of methoxy groups -OCH3 is 1. The van der Waals surface area contributed by atoms with Crippen LogP contribution in [0.5, 0.6) is 5.75 Å². The van der Waals surface area contributed by atoms with Gasteiger partial charge < -0.3 is 9.47 Å². The number of hydrogen-bond donors (Lipinski definition) is 1. The molecule has 1 heterocycles. The molecule has 2 aromatic carbocycles. The van der Waals surface area contributed by atoms with Gasteiger partial charge in [-0.2, -0.15) is 0 Å². The number of morpholine rings is 1. The smallest absolute Gasteiger partial charge is 0.240 e. The molecule has 1 N–H and O–H groups in total. The van der Waals surface area contributed by atoms with E-state index < -0.39 is 15.8 Å². The van der Waals surface area contributed by atoms with Crippen LogP contribution in [0.1, 0.15) is 11.6 Å². The highest BCUT2D eigenvalue weighted by Crippen LogP contribution is 2.24. The number of benzene rings is 2. The fourth-order valence-electron chi connectivity index (χ4n) is 3.08. The van der Waals surface area contributed by atoms with Crippen molar-refractivity contribution < 1.29 is 22.3 Å². The van der Waals surface area contributed by atoms with E-state index in [-0.39, 0.29) is 17.5 Å². The van der Waals surface area contributed by atoms with Gasteiger partial charge in [0.25, 0.3) is 0 Å². The molecule has 1 aliphatic heterocycles. The van der Waals surface area contributed by atoms with Crippen LogP contribution in [-0.2, 0) is 14.8 Å². The van der Waals surface area contributed by atoms with Crippen molar-refractivity contribution in [2.75, 3.05) is 40.0 Å². The Labute approximate surface area is 159 Å². The summed E-state index contributed by atoms with van der Waals surface area (Å²) < 4.78 is 51.7. The Hall–Kier alpha value is -2.00. The van der Waals surface area contributed by atoms with E-state index in [1.165, 1.54) is 18.2 Å². The minimum Gasteiger partial charge on any atom is -0.497 e. The quantitative estimate of drug-likeness (QED) is 0.780. The molecule has 8 heteroatoms. The number of ether oxygens (including phenoxy) is 2. The van der Waals surface area contributed by atoms with Crippen LogP contribution in [0.4, 0.5) is 4.39 Å². The predicted molar refractivity (Wildman–Crippen MR) is 99.7 cm³/mol. The second kappa shape index (κ2) is 8.79. The molecule has 1 aliphatic rings.